The van der Waals surface area contributed by atoms with E-state index in [1.807, 2.05) is 0 Å². The Morgan fingerprint density at radius 2 is 1.04 bits per heavy atom. The Kier molecular flexibility index (Phi) is 16.0. The van der Waals surface area contributed by atoms with Gasteiger partial charge in [-0.1, -0.05) is 118 Å². The van der Waals surface area contributed by atoms with E-state index in [1.165, 1.54) is 106 Å². The number of hydrogen-bond donors (Lipinski definition) is 1. The maximum absolute atomic E-state index is 7.91. The molecule has 0 aromatic heterocycles. The van der Waals surface area contributed by atoms with Crippen LogP contribution in [0.3, 0.4) is 0 Å². The fourth-order valence-corrected chi connectivity index (χ4v) is 45.3. The number of hydrogen-bond acceptors (Lipinski definition) is 5. The summed E-state index contributed by atoms with van der Waals surface area (Å²) in [5, 5.41) is 2.45. The quantitative estimate of drug-likeness (QED) is 0.0793. The molecule has 4 fully saturated rings. The maximum atomic E-state index is 7.91. The van der Waals surface area contributed by atoms with E-state index in [-0.39, 0.29) is 10.2 Å². The lowest BCUT2D eigenvalue weighted by Crippen LogP contribution is -2.69. The summed E-state index contributed by atoms with van der Waals surface area (Å²) in [5.74, 6) is 8.02. The van der Waals surface area contributed by atoms with E-state index < -0.39 is 50.4 Å². The fraction of sp³-hybridized carbons (Fsp3) is 0.719. The summed E-state index contributed by atoms with van der Waals surface area (Å²) < 4.78 is 30.9. The van der Waals surface area contributed by atoms with Crippen molar-refractivity contribution in [1.29, 1.82) is 0 Å². The smallest absolute Gasteiger partial charge is 0.348 e. The van der Waals surface area contributed by atoms with Crippen molar-refractivity contribution in [2.75, 3.05) is 0 Å². The SMILES string of the molecule is CCC(CC)(CCC1CC2C=CC1C2)[Si](C)(C)O[Si](C)(O[Si](C)(C)CC1C2CCC1C(CCC(C)(N)[Si](C)(C)O[Si](C)(O[Si](C)(C)CCC1CC3C=CC1C3)c1ccccc1)C2)c1ccccc1. The van der Waals surface area contributed by atoms with Gasteiger partial charge in [-0.2, -0.15) is 0 Å². The third-order valence-corrected chi connectivity index (χ3v) is 47.3. The lowest BCUT2D eigenvalue weighted by atomic mass is 9.84. The lowest BCUT2D eigenvalue weighted by Gasteiger charge is -2.50. The molecule has 4 saturated carbocycles. The van der Waals surface area contributed by atoms with Gasteiger partial charge in [0.1, 0.15) is 0 Å². The molecule has 8 rings (SSSR count). The predicted octanol–water partition coefficient (Wildman–Crippen LogP) is 14.7. The van der Waals surface area contributed by atoms with Gasteiger partial charge >= 0.3 is 17.1 Å². The average Bonchev–Trinajstić information content (AvgIpc) is 4.17. The molecule has 0 aliphatic heterocycles. The normalized spacial score (nSPS) is 31.7. The van der Waals surface area contributed by atoms with Crippen LogP contribution in [0.5, 0.6) is 0 Å². The highest BCUT2D eigenvalue weighted by Crippen LogP contribution is 2.58. The van der Waals surface area contributed by atoms with Crippen LogP contribution in [0.25, 0.3) is 0 Å². The molecule has 0 radical (unpaired) electrons. The van der Waals surface area contributed by atoms with E-state index >= 15 is 0 Å². The third kappa shape index (κ3) is 11.4. The van der Waals surface area contributed by atoms with E-state index in [9.17, 15) is 0 Å². The van der Waals surface area contributed by atoms with Crippen LogP contribution in [0.1, 0.15) is 111 Å². The van der Waals surface area contributed by atoms with E-state index in [0.717, 1.165) is 65.6 Å². The van der Waals surface area contributed by atoms with Crippen LogP contribution in [0.2, 0.25) is 82.6 Å². The zero-order valence-corrected chi connectivity index (χ0v) is 51.4. The third-order valence-electron chi connectivity index (χ3n) is 20.4. The van der Waals surface area contributed by atoms with Gasteiger partial charge in [0.25, 0.3) is 0 Å². The van der Waals surface area contributed by atoms with Crippen molar-refractivity contribution in [3.63, 3.8) is 0 Å². The first-order valence-electron chi connectivity index (χ1n) is 28.0. The predicted molar refractivity (Wildman–Crippen MR) is 304 cm³/mol. The topological polar surface area (TPSA) is 62.9 Å². The van der Waals surface area contributed by atoms with E-state index in [1.54, 1.807) is 0 Å². The van der Waals surface area contributed by atoms with Gasteiger partial charge in [-0.15, -0.1) is 0 Å². The summed E-state index contributed by atoms with van der Waals surface area (Å²) in [4.78, 5) is 0. The highest BCUT2D eigenvalue weighted by molar-refractivity contribution is 6.96. The Hall–Kier alpha value is -0.979. The Balaban J connectivity index is 0.916. The molecule has 5 nitrogen and oxygen atoms in total. The van der Waals surface area contributed by atoms with Crippen molar-refractivity contribution in [2.45, 2.75) is 198 Å². The van der Waals surface area contributed by atoms with Crippen LogP contribution in [0, 0.1) is 59.2 Å². The first-order chi connectivity index (χ1) is 31.9. The Labute approximate surface area is 423 Å². The molecule has 11 heteroatoms. The molecule has 68 heavy (non-hydrogen) atoms. The lowest BCUT2D eigenvalue weighted by molar-refractivity contribution is 0.277. The molecule has 378 valence electrons. The van der Waals surface area contributed by atoms with Crippen molar-refractivity contribution >= 4 is 60.8 Å². The number of allylic oxidation sites excluding steroid dienone is 4. The van der Waals surface area contributed by atoms with Gasteiger partial charge in [0.15, 0.2) is 33.3 Å². The van der Waals surface area contributed by atoms with Crippen molar-refractivity contribution in [2.24, 2.45) is 64.9 Å². The average molecular weight is 1030 g/mol. The Bertz CT molecular complexity index is 2060. The molecule has 2 N–H and O–H groups in total. The molecule has 6 aliphatic carbocycles. The molecular formula is C57H97NO4Si6. The zero-order valence-electron chi connectivity index (χ0n) is 45.4. The van der Waals surface area contributed by atoms with Gasteiger partial charge in [0.2, 0.25) is 0 Å². The second kappa shape index (κ2) is 20.4. The number of nitrogens with two attached hydrogens (primary N) is 1. The van der Waals surface area contributed by atoms with E-state index in [0.29, 0.717) is 0 Å². The molecule has 2 aromatic rings. The van der Waals surface area contributed by atoms with Crippen LogP contribution >= 0.6 is 0 Å². The Morgan fingerprint density at radius 1 is 0.544 bits per heavy atom. The van der Waals surface area contributed by atoms with Crippen LogP contribution in [-0.2, 0) is 16.5 Å². The summed E-state index contributed by atoms with van der Waals surface area (Å²) in [5.41, 5.74) is 7.61. The molecule has 6 bridgehead atoms. The zero-order chi connectivity index (χ0) is 49.0. The highest BCUT2D eigenvalue weighted by atomic mass is 28.5. The molecule has 0 saturated heterocycles. The molecule has 0 spiro atoms. The number of benzene rings is 2. The monoisotopic (exact) mass is 1030 g/mol. The number of rotatable bonds is 25. The van der Waals surface area contributed by atoms with Crippen LogP contribution in [-0.4, -0.2) is 55.6 Å². The van der Waals surface area contributed by atoms with Crippen LogP contribution in [0.4, 0.5) is 0 Å². The second-order valence-electron chi connectivity index (χ2n) is 26.5. The summed E-state index contributed by atoms with van der Waals surface area (Å²) >= 11 is 0. The standard InChI is InChI=1S/C57H97NO4Si6/c1-14-57(15-2,36-33-48-40-44-26-28-46(48)38-44)66(10,11)62-68(13,53-24-20-17-21-25-53)60-64(6,7)43-55-50-30-31-54(55)51(42-50)32-35-56(3,58)65(8,9)61-67(12,52-22-18-16-19-23-52)59-63(4,5)37-34-49-41-45-27-29-47(49)39-45/h16-29,44-51,54-55H,14-15,30-43,58H2,1-13H3. The molecule has 13 unspecified atom stereocenters. The van der Waals surface area contributed by atoms with Crippen molar-refractivity contribution in [3.8, 4) is 0 Å². The first kappa shape index (κ1) is 53.3. The summed E-state index contributed by atoms with van der Waals surface area (Å²) in [6, 6.07) is 24.7. The number of fused-ring (bicyclic) bond motifs is 6. The minimum Gasteiger partial charge on any atom is -0.433 e. The molecule has 0 heterocycles. The second-order valence-corrected chi connectivity index (χ2v) is 50.9. The van der Waals surface area contributed by atoms with Crippen molar-refractivity contribution < 1.29 is 16.5 Å². The summed E-state index contributed by atoms with van der Waals surface area (Å²) in [7, 11) is -14.5. The first-order valence-corrected chi connectivity index (χ1v) is 44.7. The van der Waals surface area contributed by atoms with Gasteiger partial charge in [-0.05, 0) is 230 Å². The molecule has 6 aliphatic rings. The van der Waals surface area contributed by atoms with Gasteiger partial charge in [0.05, 0.1) is 0 Å². The molecule has 13 atom stereocenters. The van der Waals surface area contributed by atoms with Crippen LogP contribution < -0.4 is 16.1 Å². The van der Waals surface area contributed by atoms with Crippen molar-refractivity contribution in [3.05, 3.63) is 85.0 Å². The maximum Gasteiger partial charge on any atom is 0.348 e. The van der Waals surface area contributed by atoms with Crippen molar-refractivity contribution in [1.82, 2.24) is 0 Å². The minimum atomic E-state index is -2.79. The van der Waals surface area contributed by atoms with Gasteiger partial charge in [-0.3, -0.25) is 0 Å². The van der Waals surface area contributed by atoms with E-state index in [4.69, 9.17) is 22.2 Å². The molecular weight excluding hydrogens is 931 g/mol. The van der Waals surface area contributed by atoms with E-state index in [2.05, 4.69) is 171 Å². The Morgan fingerprint density at radius 3 is 1.54 bits per heavy atom. The minimum absolute atomic E-state index is 0.245. The van der Waals surface area contributed by atoms with Gasteiger partial charge in [-0.25, -0.2) is 0 Å². The highest BCUT2D eigenvalue weighted by Gasteiger charge is 2.56. The largest absolute Gasteiger partial charge is 0.433 e. The van der Waals surface area contributed by atoms with Gasteiger partial charge < -0.3 is 22.2 Å². The van der Waals surface area contributed by atoms with Gasteiger partial charge in [0, 0.05) is 5.16 Å². The summed E-state index contributed by atoms with van der Waals surface area (Å²) in [6.45, 7) is 31.9. The van der Waals surface area contributed by atoms with Crippen LogP contribution in [0.15, 0.2) is 85.0 Å². The molecule has 0 amide bonds. The fourth-order valence-electron chi connectivity index (χ4n) is 15.9. The molecule has 2 aromatic carbocycles. The summed E-state index contributed by atoms with van der Waals surface area (Å²) in [6.07, 6.45) is 28.2.